The maximum atomic E-state index is 13.0. The lowest BCUT2D eigenvalue weighted by Gasteiger charge is -2.15. The van der Waals surface area contributed by atoms with E-state index in [1.807, 2.05) is 0 Å². The van der Waals surface area contributed by atoms with Gasteiger partial charge in [0.15, 0.2) is 0 Å². The third kappa shape index (κ3) is 3.48. The summed E-state index contributed by atoms with van der Waals surface area (Å²) in [5.41, 5.74) is 5.65. The van der Waals surface area contributed by atoms with Gasteiger partial charge < -0.3 is 10.5 Å². The second-order valence-electron chi connectivity index (χ2n) is 4.18. The first-order valence-electron chi connectivity index (χ1n) is 5.92. The molecule has 0 saturated heterocycles. The summed E-state index contributed by atoms with van der Waals surface area (Å²) >= 11 is 0. The molecule has 1 aromatic carbocycles. The topological polar surface area (TPSA) is 48.1 Å². The molecule has 1 aromatic heterocycles. The summed E-state index contributed by atoms with van der Waals surface area (Å²) in [6.07, 6.45) is -1.35. The van der Waals surface area contributed by atoms with Crippen molar-refractivity contribution in [1.29, 1.82) is 0 Å². The Balaban J connectivity index is 2.23. The van der Waals surface area contributed by atoms with Crippen LogP contribution in [0.3, 0.4) is 0 Å². The Bertz CT molecular complexity index is 570. The highest BCUT2D eigenvalue weighted by atomic mass is 19.4. The maximum Gasteiger partial charge on any atom is 0.419 e. The molecular weight excluding hydrogens is 269 g/mol. The first kappa shape index (κ1) is 14.3. The van der Waals surface area contributed by atoms with Gasteiger partial charge in [0.05, 0.1) is 5.56 Å². The van der Waals surface area contributed by atoms with E-state index < -0.39 is 11.7 Å². The lowest BCUT2D eigenvalue weighted by Crippen LogP contribution is -2.10. The summed E-state index contributed by atoms with van der Waals surface area (Å²) in [6, 6.07) is 7.25. The molecule has 0 fully saturated rings. The highest BCUT2D eigenvalue weighted by Crippen LogP contribution is 2.37. The predicted octanol–water partition coefficient (Wildman–Crippen LogP) is 3.14. The molecule has 0 aliphatic rings. The van der Waals surface area contributed by atoms with Gasteiger partial charge in [0, 0.05) is 24.5 Å². The summed E-state index contributed by atoms with van der Waals surface area (Å²) in [5.74, 6) is -0.210. The van der Waals surface area contributed by atoms with Crippen LogP contribution in [-0.4, -0.2) is 4.98 Å². The van der Waals surface area contributed by atoms with E-state index >= 15 is 0 Å². The molecule has 1 heterocycles. The number of ether oxygens (including phenoxy) is 1. The molecule has 106 valence electrons. The van der Waals surface area contributed by atoms with Crippen LogP contribution in [0.2, 0.25) is 0 Å². The molecule has 6 heteroatoms. The Kier molecular flexibility index (Phi) is 4.24. The Morgan fingerprint density at radius 3 is 2.55 bits per heavy atom. The van der Waals surface area contributed by atoms with Crippen LogP contribution >= 0.6 is 0 Å². The van der Waals surface area contributed by atoms with Crippen molar-refractivity contribution in [2.45, 2.75) is 19.3 Å². The van der Waals surface area contributed by atoms with E-state index in [0.29, 0.717) is 11.1 Å². The average molecular weight is 282 g/mol. The van der Waals surface area contributed by atoms with Crippen molar-refractivity contribution in [1.82, 2.24) is 4.98 Å². The number of nitrogens with two attached hydrogens (primary N) is 1. The number of nitrogens with zero attached hydrogens (tertiary/aromatic N) is 1. The number of halogens is 3. The Hall–Kier alpha value is -2.08. The van der Waals surface area contributed by atoms with E-state index in [-0.39, 0.29) is 18.9 Å². The largest absolute Gasteiger partial charge is 0.488 e. The second kappa shape index (κ2) is 5.92. The van der Waals surface area contributed by atoms with Gasteiger partial charge in [0.1, 0.15) is 12.4 Å². The molecule has 0 radical (unpaired) electrons. The molecule has 0 aliphatic heterocycles. The molecule has 0 amide bonds. The molecule has 0 aliphatic carbocycles. The number of rotatable bonds is 4. The van der Waals surface area contributed by atoms with Gasteiger partial charge in [-0.2, -0.15) is 13.2 Å². The smallest absolute Gasteiger partial charge is 0.419 e. The number of hydrogen-bond acceptors (Lipinski definition) is 3. The van der Waals surface area contributed by atoms with Gasteiger partial charge in [-0.05, 0) is 23.8 Å². The third-order valence-corrected chi connectivity index (χ3v) is 2.70. The zero-order valence-corrected chi connectivity index (χ0v) is 10.5. The average Bonchev–Trinajstić information content (AvgIpc) is 2.45. The van der Waals surface area contributed by atoms with Gasteiger partial charge in [0.2, 0.25) is 0 Å². The fourth-order valence-electron chi connectivity index (χ4n) is 1.70. The van der Waals surface area contributed by atoms with E-state index in [1.54, 1.807) is 24.5 Å². The molecule has 2 rings (SSSR count). The second-order valence-corrected chi connectivity index (χ2v) is 4.18. The van der Waals surface area contributed by atoms with Gasteiger partial charge in [-0.3, -0.25) is 4.98 Å². The van der Waals surface area contributed by atoms with Gasteiger partial charge in [-0.15, -0.1) is 0 Å². The number of benzene rings is 1. The minimum absolute atomic E-state index is 0.0267. The van der Waals surface area contributed by atoms with E-state index in [2.05, 4.69) is 4.98 Å². The van der Waals surface area contributed by atoms with Crippen molar-refractivity contribution in [2.24, 2.45) is 5.73 Å². The fourth-order valence-corrected chi connectivity index (χ4v) is 1.70. The first-order valence-corrected chi connectivity index (χ1v) is 5.92. The Morgan fingerprint density at radius 2 is 1.95 bits per heavy atom. The fraction of sp³-hybridized carbons (Fsp3) is 0.214. The summed E-state index contributed by atoms with van der Waals surface area (Å²) in [5, 5.41) is 0. The SMILES string of the molecule is NCc1ccc(OCc2cccnc2)c(C(F)(F)F)c1. The number of hydrogen-bond donors (Lipinski definition) is 1. The van der Waals surface area contributed by atoms with Crippen LogP contribution in [0.25, 0.3) is 0 Å². The van der Waals surface area contributed by atoms with Crippen molar-refractivity contribution >= 4 is 0 Å². The highest BCUT2D eigenvalue weighted by Gasteiger charge is 2.34. The summed E-state index contributed by atoms with van der Waals surface area (Å²) < 4.78 is 44.1. The normalized spacial score (nSPS) is 11.4. The molecule has 0 bridgehead atoms. The summed E-state index contributed by atoms with van der Waals surface area (Å²) in [6.45, 7) is 0.0743. The molecule has 0 atom stereocenters. The standard InChI is InChI=1S/C14H13F3N2O/c15-14(16,17)12-6-10(7-18)3-4-13(12)20-9-11-2-1-5-19-8-11/h1-6,8H,7,9,18H2. The summed E-state index contributed by atoms with van der Waals surface area (Å²) in [7, 11) is 0. The van der Waals surface area contributed by atoms with Crippen LogP contribution in [0.1, 0.15) is 16.7 Å². The Labute approximate surface area is 114 Å². The zero-order chi connectivity index (χ0) is 14.6. The van der Waals surface area contributed by atoms with E-state index in [4.69, 9.17) is 10.5 Å². The van der Waals surface area contributed by atoms with Gasteiger partial charge in [-0.1, -0.05) is 12.1 Å². The van der Waals surface area contributed by atoms with Crippen LogP contribution < -0.4 is 10.5 Å². The minimum Gasteiger partial charge on any atom is -0.488 e. The molecule has 2 aromatic rings. The van der Waals surface area contributed by atoms with Crippen LogP contribution in [0.5, 0.6) is 5.75 Å². The zero-order valence-electron chi connectivity index (χ0n) is 10.5. The number of aromatic nitrogens is 1. The summed E-state index contributed by atoms with van der Waals surface area (Å²) in [4.78, 5) is 3.88. The predicted molar refractivity (Wildman–Crippen MR) is 67.9 cm³/mol. The first-order chi connectivity index (χ1) is 9.50. The van der Waals surface area contributed by atoms with Crippen molar-refractivity contribution < 1.29 is 17.9 Å². The molecular formula is C14H13F3N2O. The number of pyridine rings is 1. The monoisotopic (exact) mass is 282 g/mol. The van der Waals surface area contributed by atoms with Crippen molar-refractivity contribution in [3.05, 3.63) is 59.4 Å². The molecule has 0 saturated carbocycles. The van der Waals surface area contributed by atoms with Crippen LogP contribution in [-0.2, 0) is 19.3 Å². The lowest BCUT2D eigenvalue weighted by atomic mass is 10.1. The van der Waals surface area contributed by atoms with Gasteiger partial charge in [-0.25, -0.2) is 0 Å². The van der Waals surface area contributed by atoms with Crippen LogP contribution in [0.15, 0.2) is 42.7 Å². The third-order valence-electron chi connectivity index (χ3n) is 2.70. The van der Waals surface area contributed by atoms with Gasteiger partial charge >= 0.3 is 6.18 Å². The van der Waals surface area contributed by atoms with E-state index in [1.165, 1.54) is 12.1 Å². The quantitative estimate of drug-likeness (QED) is 0.937. The minimum atomic E-state index is -4.48. The van der Waals surface area contributed by atoms with Crippen molar-refractivity contribution in [2.75, 3.05) is 0 Å². The molecule has 0 spiro atoms. The molecule has 2 N–H and O–H groups in total. The molecule has 20 heavy (non-hydrogen) atoms. The molecule has 0 unspecified atom stereocenters. The van der Waals surface area contributed by atoms with Crippen molar-refractivity contribution in [3.63, 3.8) is 0 Å². The van der Waals surface area contributed by atoms with Crippen LogP contribution in [0, 0.1) is 0 Å². The number of alkyl halides is 3. The van der Waals surface area contributed by atoms with E-state index in [9.17, 15) is 13.2 Å². The van der Waals surface area contributed by atoms with Gasteiger partial charge in [0.25, 0.3) is 0 Å². The lowest BCUT2D eigenvalue weighted by molar-refractivity contribution is -0.139. The van der Waals surface area contributed by atoms with Crippen molar-refractivity contribution in [3.8, 4) is 5.75 Å². The highest BCUT2D eigenvalue weighted by molar-refractivity contribution is 5.39. The van der Waals surface area contributed by atoms with Crippen LogP contribution in [0.4, 0.5) is 13.2 Å². The Morgan fingerprint density at radius 1 is 1.15 bits per heavy atom. The van der Waals surface area contributed by atoms with E-state index in [0.717, 1.165) is 6.07 Å². The molecule has 3 nitrogen and oxygen atoms in total. The maximum absolute atomic E-state index is 13.0.